The van der Waals surface area contributed by atoms with Crippen LogP contribution in [0.5, 0.6) is 0 Å². The minimum atomic E-state index is -1.33. The van der Waals surface area contributed by atoms with E-state index in [9.17, 15) is 9.59 Å². The van der Waals surface area contributed by atoms with Crippen molar-refractivity contribution >= 4 is 11.9 Å². The zero-order chi connectivity index (χ0) is 11.6. The number of carboxylic acids is 2. The van der Waals surface area contributed by atoms with Crippen molar-refractivity contribution in [2.45, 2.75) is 12.5 Å². The van der Waals surface area contributed by atoms with E-state index >= 15 is 0 Å². The lowest BCUT2D eigenvalue weighted by Gasteiger charge is -2.34. The fraction of sp³-hybridized carbons (Fsp3) is 0.400. The van der Waals surface area contributed by atoms with Gasteiger partial charge < -0.3 is 14.9 Å². The number of carboxylic acid groups (broad SMARTS) is 2. The molecule has 0 fully saturated rings. The molecule has 0 saturated heterocycles. The summed E-state index contributed by atoms with van der Waals surface area (Å²) >= 11 is 0. The quantitative estimate of drug-likeness (QED) is 0.718. The largest absolute Gasteiger partial charge is 0.481 e. The first-order valence-corrected chi connectivity index (χ1v) is 4.33. The van der Waals surface area contributed by atoms with Crippen LogP contribution in [0.4, 0.5) is 0 Å². The predicted octanol–water partition coefficient (Wildman–Crippen LogP) is 0.673. The molecule has 0 aliphatic heterocycles. The average molecular weight is 212 g/mol. The van der Waals surface area contributed by atoms with E-state index in [2.05, 4.69) is 0 Å². The summed E-state index contributed by atoms with van der Waals surface area (Å²) in [4.78, 5) is 21.9. The van der Waals surface area contributed by atoms with E-state index in [-0.39, 0.29) is 5.57 Å². The molecular formula is C10H12O5. The van der Waals surface area contributed by atoms with Crippen LogP contribution < -0.4 is 0 Å². The number of allylic oxidation sites excluding steroid dienone is 2. The number of hydrogen-bond donors (Lipinski definition) is 2. The van der Waals surface area contributed by atoms with Crippen molar-refractivity contribution < 1.29 is 24.5 Å². The topological polar surface area (TPSA) is 83.8 Å². The second-order valence-corrected chi connectivity index (χ2v) is 3.40. The van der Waals surface area contributed by atoms with Crippen LogP contribution in [0.3, 0.4) is 0 Å². The zero-order valence-corrected chi connectivity index (χ0v) is 8.43. The summed E-state index contributed by atoms with van der Waals surface area (Å²) in [7, 11) is 1.30. The van der Waals surface area contributed by atoms with Crippen molar-refractivity contribution in [3.63, 3.8) is 0 Å². The molecule has 82 valence electrons. The zero-order valence-electron chi connectivity index (χ0n) is 8.43. The highest BCUT2D eigenvalue weighted by atomic mass is 16.5. The van der Waals surface area contributed by atoms with E-state index in [4.69, 9.17) is 14.9 Å². The molecule has 5 nitrogen and oxygen atoms in total. The van der Waals surface area contributed by atoms with E-state index in [1.165, 1.54) is 32.3 Å². The van der Waals surface area contributed by atoms with Gasteiger partial charge in [-0.2, -0.15) is 0 Å². The van der Waals surface area contributed by atoms with Crippen molar-refractivity contribution in [3.8, 4) is 0 Å². The van der Waals surface area contributed by atoms with Crippen LogP contribution >= 0.6 is 0 Å². The van der Waals surface area contributed by atoms with Gasteiger partial charge in [-0.3, -0.25) is 4.79 Å². The predicted molar refractivity (Wildman–Crippen MR) is 51.4 cm³/mol. The second-order valence-electron chi connectivity index (χ2n) is 3.40. The summed E-state index contributed by atoms with van der Waals surface area (Å²) in [6.07, 6.45) is 4.19. The molecule has 0 aromatic heterocycles. The fourth-order valence-corrected chi connectivity index (χ4v) is 1.62. The lowest BCUT2D eigenvalue weighted by atomic mass is 9.79. The highest BCUT2D eigenvalue weighted by Crippen LogP contribution is 2.34. The van der Waals surface area contributed by atoms with Crippen molar-refractivity contribution in [2.24, 2.45) is 5.92 Å². The van der Waals surface area contributed by atoms with Crippen LogP contribution in [0.25, 0.3) is 0 Å². The van der Waals surface area contributed by atoms with Crippen LogP contribution in [0.1, 0.15) is 6.92 Å². The van der Waals surface area contributed by atoms with Crippen LogP contribution in [0.2, 0.25) is 0 Å². The van der Waals surface area contributed by atoms with Gasteiger partial charge in [-0.15, -0.1) is 0 Å². The average Bonchev–Trinajstić information content (AvgIpc) is 2.17. The monoisotopic (exact) mass is 212 g/mol. The van der Waals surface area contributed by atoms with Gasteiger partial charge in [0, 0.05) is 7.11 Å². The van der Waals surface area contributed by atoms with Gasteiger partial charge in [-0.05, 0) is 13.0 Å². The Kier molecular flexibility index (Phi) is 2.95. The highest BCUT2D eigenvalue weighted by Gasteiger charge is 2.45. The van der Waals surface area contributed by atoms with Gasteiger partial charge in [0.25, 0.3) is 0 Å². The first-order chi connectivity index (χ1) is 6.93. The summed E-state index contributed by atoms with van der Waals surface area (Å²) in [5.41, 5.74) is -1.38. The van der Waals surface area contributed by atoms with E-state index in [0.717, 1.165) is 0 Å². The molecular weight excluding hydrogens is 200 g/mol. The third-order valence-electron chi connectivity index (χ3n) is 2.62. The molecule has 2 atom stereocenters. The minimum Gasteiger partial charge on any atom is -0.481 e. The molecule has 1 aliphatic carbocycles. The van der Waals surface area contributed by atoms with Gasteiger partial charge >= 0.3 is 11.9 Å². The molecule has 0 heterocycles. The fourth-order valence-electron chi connectivity index (χ4n) is 1.62. The Morgan fingerprint density at radius 2 is 2.07 bits per heavy atom. The molecule has 1 aliphatic rings. The molecule has 0 amide bonds. The van der Waals surface area contributed by atoms with Gasteiger partial charge in [0.05, 0.1) is 5.57 Å². The third-order valence-corrected chi connectivity index (χ3v) is 2.62. The van der Waals surface area contributed by atoms with Crippen molar-refractivity contribution in [2.75, 3.05) is 7.11 Å². The standard InChI is InChI=1S/C10H12O5/c1-10(15-2)6(8(11)12)4-3-5-7(10)9(13)14/h3-6H,1-2H3,(H,11,12)(H,13,14). The van der Waals surface area contributed by atoms with Crippen LogP contribution in [-0.4, -0.2) is 34.9 Å². The van der Waals surface area contributed by atoms with Crippen molar-refractivity contribution in [3.05, 3.63) is 23.8 Å². The lowest BCUT2D eigenvalue weighted by Crippen LogP contribution is -2.45. The normalized spacial score (nSPS) is 29.7. The Labute approximate surface area is 86.7 Å². The van der Waals surface area contributed by atoms with Crippen molar-refractivity contribution in [1.82, 2.24) is 0 Å². The van der Waals surface area contributed by atoms with E-state index in [1.807, 2.05) is 0 Å². The Morgan fingerprint density at radius 3 is 2.47 bits per heavy atom. The highest BCUT2D eigenvalue weighted by molar-refractivity contribution is 5.92. The minimum absolute atomic E-state index is 0.0556. The number of rotatable bonds is 3. The Balaban J connectivity index is 3.20. The summed E-state index contributed by atoms with van der Waals surface area (Å²) in [6, 6.07) is 0. The Morgan fingerprint density at radius 1 is 1.47 bits per heavy atom. The van der Waals surface area contributed by atoms with Crippen LogP contribution in [-0.2, 0) is 14.3 Å². The van der Waals surface area contributed by atoms with E-state index in [0.29, 0.717) is 0 Å². The van der Waals surface area contributed by atoms with E-state index in [1.54, 1.807) is 0 Å². The third kappa shape index (κ3) is 1.78. The molecule has 2 N–H and O–H groups in total. The number of aliphatic carboxylic acids is 2. The maximum Gasteiger partial charge on any atom is 0.334 e. The maximum absolute atomic E-state index is 10.9. The summed E-state index contributed by atoms with van der Waals surface area (Å²) in [5, 5.41) is 17.9. The van der Waals surface area contributed by atoms with Gasteiger partial charge in [-0.25, -0.2) is 4.79 Å². The molecule has 0 spiro atoms. The smallest absolute Gasteiger partial charge is 0.334 e. The Hall–Kier alpha value is -1.62. The number of ether oxygens (including phenoxy) is 1. The first kappa shape index (κ1) is 11.5. The summed E-state index contributed by atoms with van der Waals surface area (Å²) < 4.78 is 5.05. The summed E-state index contributed by atoms with van der Waals surface area (Å²) in [5.74, 6) is -3.27. The van der Waals surface area contributed by atoms with Gasteiger partial charge in [0.2, 0.25) is 0 Å². The molecule has 5 heteroatoms. The molecule has 0 aromatic carbocycles. The van der Waals surface area contributed by atoms with Gasteiger partial charge in [0.1, 0.15) is 11.5 Å². The molecule has 0 aromatic rings. The maximum atomic E-state index is 10.9. The molecule has 0 radical (unpaired) electrons. The summed E-state index contributed by atoms with van der Waals surface area (Å²) in [6.45, 7) is 1.45. The second kappa shape index (κ2) is 3.86. The molecule has 1 rings (SSSR count). The van der Waals surface area contributed by atoms with Crippen LogP contribution in [0.15, 0.2) is 23.8 Å². The van der Waals surface area contributed by atoms with Gasteiger partial charge in [0.15, 0.2) is 0 Å². The number of hydrogen-bond acceptors (Lipinski definition) is 3. The van der Waals surface area contributed by atoms with Crippen molar-refractivity contribution in [1.29, 1.82) is 0 Å². The van der Waals surface area contributed by atoms with Crippen LogP contribution in [0, 0.1) is 5.92 Å². The first-order valence-electron chi connectivity index (χ1n) is 4.33. The molecule has 0 bridgehead atoms. The molecule has 0 saturated carbocycles. The number of carbonyl (C=O) groups is 2. The number of methoxy groups -OCH3 is 1. The molecule has 2 unspecified atom stereocenters. The molecule has 15 heavy (non-hydrogen) atoms. The Bertz CT molecular complexity index is 355. The van der Waals surface area contributed by atoms with Gasteiger partial charge in [-0.1, -0.05) is 12.2 Å². The SMILES string of the molecule is COC1(C)C(C(=O)O)=CC=CC1C(=O)O. The lowest BCUT2D eigenvalue weighted by molar-refractivity contribution is -0.149. The van der Waals surface area contributed by atoms with E-state index < -0.39 is 23.5 Å².